The van der Waals surface area contributed by atoms with Crippen molar-refractivity contribution in [1.82, 2.24) is 9.80 Å². The van der Waals surface area contributed by atoms with Crippen molar-refractivity contribution in [1.29, 1.82) is 0 Å². The molecule has 1 heterocycles. The minimum Gasteiger partial charge on any atom is -0.326 e. The standard InChI is InChI=1S/C35H40Cl2N2O/c1-3-4-10-26(29-15-17-31(36)32(37)25-29)16-18-33(38(2)34(40)28-12-6-5-7-13-28)39-23-21-35(22-24-39)20-19-27-11-8-9-14-30(27)35/h5-9,11-15,17,19-20,25-26,33H,3-4,10,16,18,21-24H2,1-2H3. The van der Waals surface area contributed by atoms with Crippen molar-refractivity contribution in [2.45, 2.75) is 69.4 Å². The van der Waals surface area contributed by atoms with Crippen molar-refractivity contribution in [3.63, 3.8) is 0 Å². The van der Waals surface area contributed by atoms with E-state index in [0.29, 0.717) is 16.0 Å². The Morgan fingerprint density at radius 3 is 2.38 bits per heavy atom. The number of hydrogen-bond acceptors (Lipinski definition) is 2. The summed E-state index contributed by atoms with van der Waals surface area (Å²) in [4.78, 5) is 18.2. The minimum atomic E-state index is 0.0255. The van der Waals surface area contributed by atoms with Crippen molar-refractivity contribution in [2.24, 2.45) is 0 Å². The lowest BCUT2D eigenvalue weighted by Gasteiger charge is -2.45. The first kappa shape index (κ1) is 28.9. The largest absolute Gasteiger partial charge is 0.326 e. The molecular formula is C35H40Cl2N2O. The van der Waals surface area contributed by atoms with E-state index in [9.17, 15) is 4.79 Å². The van der Waals surface area contributed by atoms with Crippen LogP contribution in [0.5, 0.6) is 0 Å². The van der Waals surface area contributed by atoms with Gasteiger partial charge in [0.05, 0.1) is 16.2 Å². The maximum atomic E-state index is 13.7. The van der Waals surface area contributed by atoms with Crippen molar-refractivity contribution in [3.05, 3.63) is 111 Å². The fourth-order valence-electron chi connectivity index (χ4n) is 6.68. The number of rotatable bonds is 10. The third kappa shape index (κ3) is 6.17. The van der Waals surface area contributed by atoms with Crippen LogP contribution in [0, 0.1) is 0 Å². The molecule has 1 aliphatic heterocycles. The zero-order valence-electron chi connectivity index (χ0n) is 23.7. The van der Waals surface area contributed by atoms with Gasteiger partial charge in [0, 0.05) is 31.1 Å². The number of piperidine rings is 1. The summed E-state index contributed by atoms with van der Waals surface area (Å²) in [5.41, 5.74) is 4.90. The summed E-state index contributed by atoms with van der Waals surface area (Å²) in [5, 5.41) is 1.20. The van der Waals surface area contributed by atoms with Crippen LogP contribution in [-0.4, -0.2) is 42.0 Å². The molecule has 0 bridgehead atoms. The third-order valence-corrected chi connectivity index (χ3v) is 9.81. The number of benzene rings is 3. The van der Waals surface area contributed by atoms with Crippen LogP contribution in [0.1, 0.15) is 84.8 Å². The van der Waals surface area contributed by atoms with Gasteiger partial charge in [-0.25, -0.2) is 0 Å². The van der Waals surface area contributed by atoms with Gasteiger partial charge in [-0.2, -0.15) is 0 Å². The van der Waals surface area contributed by atoms with Gasteiger partial charge in [0.1, 0.15) is 0 Å². The Morgan fingerprint density at radius 2 is 1.65 bits per heavy atom. The maximum Gasteiger partial charge on any atom is 0.254 e. The predicted molar refractivity (Wildman–Crippen MR) is 168 cm³/mol. The van der Waals surface area contributed by atoms with Gasteiger partial charge in [-0.1, -0.05) is 104 Å². The fourth-order valence-corrected chi connectivity index (χ4v) is 6.98. The smallest absolute Gasteiger partial charge is 0.254 e. The summed E-state index contributed by atoms with van der Waals surface area (Å²) < 4.78 is 0. The van der Waals surface area contributed by atoms with E-state index in [1.165, 1.54) is 16.7 Å². The number of allylic oxidation sites excluding steroid dienone is 1. The van der Waals surface area contributed by atoms with Crippen molar-refractivity contribution in [3.8, 4) is 0 Å². The molecule has 2 unspecified atom stereocenters. The zero-order valence-corrected chi connectivity index (χ0v) is 25.2. The number of likely N-dealkylation sites (tertiary alicyclic amines) is 1. The number of hydrogen-bond donors (Lipinski definition) is 0. The van der Waals surface area contributed by atoms with Crippen LogP contribution in [0.15, 0.2) is 78.9 Å². The van der Waals surface area contributed by atoms with E-state index in [0.717, 1.165) is 63.6 Å². The maximum absolute atomic E-state index is 13.7. The zero-order chi connectivity index (χ0) is 28.1. The second-order valence-corrected chi connectivity index (χ2v) is 12.3. The van der Waals surface area contributed by atoms with Crippen molar-refractivity contribution in [2.75, 3.05) is 20.1 Å². The molecule has 1 fully saturated rings. The summed E-state index contributed by atoms with van der Waals surface area (Å²) in [7, 11) is 1.98. The van der Waals surface area contributed by atoms with Crippen LogP contribution in [0.3, 0.4) is 0 Å². The summed E-state index contributed by atoms with van der Waals surface area (Å²) in [6.07, 6.45) is 12.2. The molecule has 2 atom stereocenters. The van der Waals surface area contributed by atoms with Gasteiger partial charge in [0.15, 0.2) is 0 Å². The quantitative estimate of drug-likeness (QED) is 0.241. The van der Waals surface area contributed by atoms with Crippen LogP contribution >= 0.6 is 23.2 Å². The van der Waals surface area contributed by atoms with E-state index >= 15 is 0 Å². The number of nitrogens with zero attached hydrogens (tertiary/aromatic N) is 2. The molecular weight excluding hydrogens is 535 g/mol. The number of halogens is 2. The molecule has 1 aliphatic carbocycles. The van der Waals surface area contributed by atoms with Gasteiger partial charge < -0.3 is 4.90 Å². The summed E-state index contributed by atoms with van der Waals surface area (Å²) in [5.74, 6) is 0.454. The summed E-state index contributed by atoms with van der Waals surface area (Å²) >= 11 is 12.7. The first-order chi connectivity index (χ1) is 19.4. The number of carbonyl (C=O) groups is 1. The van der Waals surface area contributed by atoms with Crippen molar-refractivity contribution >= 4 is 35.2 Å². The highest BCUT2D eigenvalue weighted by atomic mass is 35.5. The molecule has 1 amide bonds. The number of unbranched alkanes of at least 4 members (excludes halogenated alkanes) is 1. The van der Waals surface area contributed by atoms with E-state index in [-0.39, 0.29) is 17.5 Å². The van der Waals surface area contributed by atoms with E-state index < -0.39 is 0 Å². The van der Waals surface area contributed by atoms with Gasteiger partial charge in [0.25, 0.3) is 5.91 Å². The molecule has 3 aromatic rings. The average molecular weight is 576 g/mol. The minimum absolute atomic E-state index is 0.0255. The number of carbonyl (C=O) groups excluding carboxylic acids is 1. The lowest BCUT2D eigenvalue weighted by atomic mass is 9.74. The third-order valence-electron chi connectivity index (χ3n) is 9.07. The second kappa shape index (κ2) is 12.9. The van der Waals surface area contributed by atoms with E-state index in [2.05, 4.69) is 54.3 Å². The highest BCUT2D eigenvalue weighted by Gasteiger charge is 2.40. The highest BCUT2D eigenvalue weighted by Crippen LogP contribution is 2.44. The van der Waals surface area contributed by atoms with Gasteiger partial charge in [-0.3, -0.25) is 9.69 Å². The molecule has 1 saturated heterocycles. The van der Waals surface area contributed by atoms with E-state index in [1.54, 1.807) is 0 Å². The van der Waals surface area contributed by atoms with Crippen LogP contribution in [0.2, 0.25) is 10.0 Å². The molecule has 0 saturated carbocycles. The van der Waals surface area contributed by atoms with Gasteiger partial charge in [0.2, 0.25) is 0 Å². The van der Waals surface area contributed by atoms with Crippen LogP contribution in [-0.2, 0) is 5.41 Å². The molecule has 2 aliphatic rings. The normalized spacial score (nSPS) is 17.5. The monoisotopic (exact) mass is 574 g/mol. The Balaban J connectivity index is 1.37. The highest BCUT2D eigenvalue weighted by molar-refractivity contribution is 6.42. The molecule has 40 heavy (non-hydrogen) atoms. The Hall–Kier alpha value is -2.59. The van der Waals surface area contributed by atoms with Gasteiger partial charge in [-0.15, -0.1) is 0 Å². The fraction of sp³-hybridized carbons (Fsp3) is 0.400. The van der Waals surface area contributed by atoms with Crippen LogP contribution in [0.25, 0.3) is 6.08 Å². The second-order valence-electron chi connectivity index (χ2n) is 11.5. The predicted octanol–water partition coefficient (Wildman–Crippen LogP) is 9.21. The molecule has 0 N–H and O–H groups in total. The SMILES string of the molecule is CCCCC(CCC(N1CCC2(C=Cc3ccccc32)CC1)N(C)C(=O)c1ccccc1)c1ccc(Cl)c(Cl)c1. The van der Waals surface area contributed by atoms with Gasteiger partial charge in [-0.05, 0) is 79.0 Å². The van der Waals surface area contributed by atoms with Gasteiger partial charge >= 0.3 is 0 Å². The topological polar surface area (TPSA) is 23.6 Å². The summed E-state index contributed by atoms with van der Waals surface area (Å²) in [6.45, 7) is 4.16. The molecule has 5 rings (SSSR count). The van der Waals surface area contributed by atoms with Crippen molar-refractivity contribution < 1.29 is 4.79 Å². The molecule has 0 aromatic heterocycles. The molecule has 210 valence electrons. The molecule has 3 aromatic carbocycles. The lowest BCUT2D eigenvalue weighted by molar-refractivity contribution is 0.0217. The average Bonchev–Trinajstić information content (AvgIpc) is 3.34. The van der Waals surface area contributed by atoms with E-state index in [1.807, 2.05) is 54.4 Å². The lowest BCUT2D eigenvalue weighted by Crippen LogP contribution is -2.53. The van der Waals surface area contributed by atoms with Crippen LogP contribution in [0.4, 0.5) is 0 Å². The summed E-state index contributed by atoms with van der Waals surface area (Å²) in [6, 6.07) is 24.6. The molecule has 3 nitrogen and oxygen atoms in total. The Bertz CT molecular complexity index is 1330. The molecule has 5 heteroatoms. The Labute approximate surface area is 249 Å². The molecule has 1 spiro atoms. The first-order valence-corrected chi connectivity index (χ1v) is 15.5. The Morgan fingerprint density at radius 1 is 0.925 bits per heavy atom. The number of fused-ring (bicyclic) bond motifs is 2. The van der Waals surface area contributed by atoms with E-state index in [4.69, 9.17) is 23.2 Å². The Kier molecular flexibility index (Phi) is 9.35. The van der Waals surface area contributed by atoms with Crippen LogP contribution < -0.4 is 0 Å². The number of amides is 1. The molecule has 0 radical (unpaired) electrons. The first-order valence-electron chi connectivity index (χ1n) is 14.7.